The quantitative estimate of drug-likeness (QED) is 0.767. The molecule has 0 unspecified atom stereocenters. The van der Waals surface area contributed by atoms with Crippen LogP contribution in [0.1, 0.15) is 20.3 Å². The molecule has 0 saturated carbocycles. The summed E-state index contributed by atoms with van der Waals surface area (Å²) in [7, 11) is 1.64. The summed E-state index contributed by atoms with van der Waals surface area (Å²) in [5.74, 6) is 0.538. The van der Waals surface area contributed by atoms with Crippen LogP contribution in [0.25, 0.3) is 0 Å². The number of anilines is 1. The number of hydrogen-bond acceptors (Lipinski definition) is 3. The average Bonchev–Trinajstić information content (AvgIpc) is 2.38. The van der Waals surface area contributed by atoms with Gasteiger partial charge in [-0.15, -0.1) is 0 Å². The van der Waals surface area contributed by atoms with E-state index in [2.05, 4.69) is 24.8 Å². The van der Waals surface area contributed by atoms with Crippen molar-refractivity contribution in [2.45, 2.75) is 20.3 Å². The standard InChI is InChI=1S/C15H22N2O2/c1-12(2)8-10-17(11-9-15(16)18)13-4-6-14(19-3)7-5-13/h4-8H,9-11H2,1-3H3,(H2,16,18). The zero-order valence-electron chi connectivity index (χ0n) is 11.8. The summed E-state index contributed by atoms with van der Waals surface area (Å²) in [4.78, 5) is 13.1. The van der Waals surface area contributed by atoms with Crippen LogP contribution in [0.15, 0.2) is 35.9 Å². The van der Waals surface area contributed by atoms with Crippen molar-refractivity contribution in [3.8, 4) is 5.75 Å². The number of allylic oxidation sites excluding steroid dienone is 1. The maximum absolute atomic E-state index is 10.9. The number of amides is 1. The maximum atomic E-state index is 10.9. The third-order valence-corrected chi connectivity index (χ3v) is 2.79. The summed E-state index contributed by atoms with van der Waals surface area (Å²) in [6, 6.07) is 7.79. The summed E-state index contributed by atoms with van der Waals surface area (Å²) in [5.41, 5.74) is 7.52. The fourth-order valence-electron chi connectivity index (χ4n) is 1.66. The summed E-state index contributed by atoms with van der Waals surface area (Å²) < 4.78 is 5.14. The smallest absolute Gasteiger partial charge is 0.219 e. The van der Waals surface area contributed by atoms with Gasteiger partial charge in [0.05, 0.1) is 7.11 Å². The molecule has 0 bridgehead atoms. The molecular weight excluding hydrogens is 240 g/mol. The van der Waals surface area contributed by atoms with Gasteiger partial charge in [0.2, 0.25) is 5.91 Å². The van der Waals surface area contributed by atoms with E-state index in [-0.39, 0.29) is 5.91 Å². The van der Waals surface area contributed by atoms with Crippen LogP contribution in [-0.2, 0) is 4.79 Å². The van der Waals surface area contributed by atoms with E-state index in [4.69, 9.17) is 10.5 Å². The molecule has 19 heavy (non-hydrogen) atoms. The highest BCUT2D eigenvalue weighted by atomic mass is 16.5. The van der Waals surface area contributed by atoms with Crippen molar-refractivity contribution in [1.82, 2.24) is 0 Å². The van der Waals surface area contributed by atoms with Gasteiger partial charge in [-0.05, 0) is 38.1 Å². The fourth-order valence-corrected chi connectivity index (χ4v) is 1.66. The lowest BCUT2D eigenvalue weighted by Crippen LogP contribution is -2.28. The first kappa shape index (κ1) is 15.1. The number of carbonyl (C=O) groups excluding carboxylic acids is 1. The lowest BCUT2D eigenvalue weighted by molar-refractivity contribution is -0.117. The molecule has 0 aliphatic carbocycles. The van der Waals surface area contributed by atoms with Crippen LogP contribution in [-0.4, -0.2) is 26.1 Å². The molecule has 1 aromatic rings. The fraction of sp³-hybridized carbons (Fsp3) is 0.400. The van der Waals surface area contributed by atoms with E-state index >= 15 is 0 Å². The van der Waals surface area contributed by atoms with Crippen LogP contribution in [0.3, 0.4) is 0 Å². The Morgan fingerprint density at radius 2 is 1.95 bits per heavy atom. The second kappa shape index (κ2) is 7.46. The van der Waals surface area contributed by atoms with Crippen molar-refractivity contribution in [2.75, 3.05) is 25.1 Å². The number of nitrogens with zero attached hydrogens (tertiary/aromatic N) is 1. The van der Waals surface area contributed by atoms with Gasteiger partial charge in [0.1, 0.15) is 5.75 Å². The first-order valence-corrected chi connectivity index (χ1v) is 6.33. The molecule has 0 radical (unpaired) electrons. The van der Waals surface area contributed by atoms with Crippen LogP contribution >= 0.6 is 0 Å². The highest BCUT2D eigenvalue weighted by Gasteiger charge is 2.07. The van der Waals surface area contributed by atoms with E-state index < -0.39 is 0 Å². The van der Waals surface area contributed by atoms with E-state index in [1.54, 1.807) is 7.11 Å². The molecule has 0 atom stereocenters. The molecular formula is C15H22N2O2. The molecule has 2 N–H and O–H groups in total. The van der Waals surface area contributed by atoms with Gasteiger partial charge in [-0.2, -0.15) is 0 Å². The zero-order chi connectivity index (χ0) is 14.3. The normalized spacial score (nSPS) is 9.84. The van der Waals surface area contributed by atoms with Crippen molar-refractivity contribution in [3.05, 3.63) is 35.9 Å². The first-order valence-electron chi connectivity index (χ1n) is 6.33. The first-order chi connectivity index (χ1) is 9.02. The van der Waals surface area contributed by atoms with Gasteiger partial charge < -0.3 is 15.4 Å². The summed E-state index contributed by atoms with van der Waals surface area (Å²) in [6.07, 6.45) is 2.48. The van der Waals surface area contributed by atoms with Gasteiger partial charge in [-0.25, -0.2) is 0 Å². The summed E-state index contributed by atoms with van der Waals surface area (Å²) in [6.45, 7) is 5.49. The van der Waals surface area contributed by atoms with E-state index in [0.29, 0.717) is 13.0 Å². The summed E-state index contributed by atoms with van der Waals surface area (Å²) in [5, 5.41) is 0. The highest BCUT2D eigenvalue weighted by Crippen LogP contribution is 2.19. The lowest BCUT2D eigenvalue weighted by Gasteiger charge is -2.23. The predicted molar refractivity (Wildman–Crippen MR) is 78.4 cm³/mol. The minimum atomic E-state index is -0.282. The molecule has 0 saturated heterocycles. The van der Waals surface area contributed by atoms with Gasteiger partial charge in [-0.1, -0.05) is 11.6 Å². The third-order valence-electron chi connectivity index (χ3n) is 2.79. The van der Waals surface area contributed by atoms with Gasteiger partial charge in [-0.3, -0.25) is 4.79 Å². The van der Waals surface area contributed by atoms with E-state index in [0.717, 1.165) is 18.0 Å². The minimum Gasteiger partial charge on any atom is -0.497 e. The van der Waals surface area contributed by atoms with Crippen LogP contribution in [0.4, 0.5) is 5.69 Å². The van der Waals surface area contributed by atoms with Crippen LogP contribution < -0.4 is 15.4 Å². The third kappa shape index (κ3) is 5.46. The van der Waals surface area contributed by atoms with Crippen LogP contribution in [0.5, 0.6) is 5.75 Å². The minimum absolute atomic E-state index is 0.282. The Labute approximate surface area is 114 Å². The van der Waals surface area contributed by atoms with Crippen LogP contribution in [0, 0.1) is 0 Å². The SMILES string of the molecule is COc1ccc(N(CC=C(C)C)CCC(N)=O)cc1. The van der Waals surface area contributed by atoms with E-state index in [1.807, 2.05) is 24.3 Å². The largest absolute Gasteiger partial charge is 0.497 e. The average molecular weight is 262 g/mol. The summed E-state index contributed by atoms with van der Waals surface area (Å²) >= 11 is 0. The second-order valence-corrected chi connectivity index (χ2v) is 4.64. The highest BCUT2D eigenvalue weighted by molar-refractivity contribution is 5.74. The maximum Gasteiger partial charge on any atom is 0.219 e. The van der Waals surface area contributed by atoms with Gasteiger partial charge in [0.15, 0.2) is 0 Å². The molecule has 4 nitrogen and oxygen atoms in total. The van der Waals surface area contributed by atoms with Crippen molar-refractivity contribution in [1.29, 1.82) is 0 Å². The Morgan fingerprint density at radius 3 is 2.42 bits per heavy atom. The topological polar surface area (TPSA) is 55.6 Å². The molecule has 104 valence electrons. The molecule has 1 amide bonds. The van der Waals surface area contributed by atoms with Crippen LogP contribution in [0.2, 0.25) is 0 Å². The Kier molecular flexibility index (Phi) is 5.93. The Balaban J connectivity index is 2.80. The predicted octanol–water partition coefficient (Wildman–Crippen LogP) is 2.34. The molecule has 1 rings (SSSR count). The molecule has 0 fully saturated rings. The van der Waals surface area contributed by atoms with E-state index in [9.17, 15) is 4.79 Å². The Morgan fingerprint density at radius 1 is 1.32 bits per heavy atom. The lowest BCUT2D eigenvalue weighted by atomic mass is 10.2. The number of nitrogens with two attached hydrogens (primary N) is 1. The number of methoxy groups -OCH3 is 1. The van der Waals surface area contributed by atoms with Gasteiger partial charge in [0.25, 0.3) is 0 Å². The van der Waals surface area contributed by atoms with Crippen molar-refractivity contribution < 1.29 is 9.53 Å². The van der Waals surface area contributed by atoms with Gasteiger partial charge >= 0.3 is 0 Å². The van der Waals surface area contributed by atoms with E-state index in [1.165, 1.54) is 5.57 Å². The molecule has 0 spiro atoms. The van der Waals surface area contributed by atoms with Crippen molar-refractivity contribution in [3.63, 3.8) is 0 Å². The second-order valence-electron chi connectivity index (χ2n) is 4.64. The number of ether oxygens (including phenoxy) is 1. The number of primary amides is 1. The molecule has 1 aromatic carbocycles. The molecule has 4 heteroatoms. The van der Waals surface area contributed by atoms with Crippen molar-refractivity contribution in [2.24, 2.45) is 5.73 Å². The Bertz CT molecular complexity index is 434. The molecule has 0 aromatic heterocycles. The number of hydrogen-bond donors (Lipinski definition) is 1. The number of carbonyl (C=O) groups is 1. The zero-order valence-corrected chi connectivity index (χ0v) is 11.8. The Hall–Kier alpha value is -1.97. The number of rotatable bonds is 7. The molecule has 0 aliphatic heterocycles. The van der Waals surface area contributed by atoms with Gasteiger partial charge in [0, 0.05) is 25.2 Å². The molecule has 0 aliphatic rings. The van der Waals surface area contributed by atoms with Crippen molar-refractivity contribution >= 4 is 11.6 Å². The number of benzene rings is 1. The monoisotopic (exact) mass is 262 g/mol. The molecule has 0 heterocycles.